The molecule has 1 spiro atoms. The predicted octanol–water partition coefficient (Wildman–Crippen LogP) is 4.71. The number of hydrogen-bond donors (Lipinski definition) is 1. The van der Waals surface area contributed by atoms with Gasteiger partial charge in [0.15, 0.2) is 0 Å². The molecule has 1 unspecified atom stereocenters. The van der Waals surface area contributed by atoms with Crippen LogP contribution in [0.4, 0.5) is 0 Å². The minimum Gasteiger partial charge on any atom is -0.305 e. The maximum Gasteiger partial charge on any atom is 0.0535 e. The molecular formula is C23H30N2. The second-order valence-electron chi connectivity index (χ2n) is 8.18. The zero-order chi connectivity index (χ0) is 17.2. The van der Waals surface area contributed by atoms with Crippen LogP contribution in [0.25, 0.3) is 0 Å². The Morgan fingerprint density at radius 3 is 2.20 bits per heavy atom. The summed E-state index contributed by atoms with van der Waals surface area (Å²) in [5, 5.41) is 3.95. The lowest BCUT2D eigenvalue weighted by molar-refractivity contribution is -0.0222. The van der Waals surface area contributed by atoms with Crippen molar-refractivity contribution in [2.45, 2.75) is 56.7 Å². The van der Waals surface area contributed by atoms with Gasteiger partial charge in [-0.3, -0.25) is 4.90 Å². The molecule has 1 heterocycles. The highest BCUT2D eigenvalue weighted by atomic mass is 15.3. The first-order chi connectivity index (χ1) is 12.2. The Labute approximate surface area is 152 Å². The Hall–Kier alpha value is -1.64. The molecule has 2 fully saturated rings. The molecule has 2 nitrogen and oxygen atoms in total. The van der Waals surface area contributed by atoms with Gasteiger partial charge < -0.3 is 5.32 Å². The predicted molar refractivity (Wildman–Crippen MR) is 104 cm³/mol. The van der Waals surface area contributed by atoms with E-state index in [0.29, 0.717) is 5.54 Å². The topological polar surface area (TPSA) is 15.3 Å². The van der Waals surface area contributed by atoms with E-state index in [-0.39, 0.29) is 5.54 Å². The van der Waals surface area contributed by atoms with Crippen molar-refractivity contribution in [3.63, 3.8) is 0 Å². The van der Waals surface area contributed by atoms with E-state index in [1.165, 1.54) is 43.2 Å². The third-order valence-corrected chi connectivity index (χ3v) is 6.40. The highest BCUT2D eigenvalue weighted by molar-refractivity contribution is 5.26. The van der Waals surface area contributed by atoms with Gasteiger partial charge in [-0.05, 0) is 30.9 Å². The van der Waals surface area contributed by atoms with Gasteiger partial charge in [0.05, 0.1) is 5.54 Å². The number of nitrogens with one attached hydrogen (secondary N) is 1. The van der Waals surface area contributed by atoms with Crippen LogP contribution in [-0.4, -0.2) is 23.5 Å². The van der Waals surface area contributed by atoms with Crippen LogP contribution in [0, 0.1) is 0 Å². The lowest BCUT2D eigenvalue weighted by atomic mass is 9.75. The van der Waals surface area contributed by atoms with Crippen LogP contribution in [0.1, 0.15) is 50.2 Å². The van der Waals surface area contributed by atoms with Crippen molar-refractivity contribution in [2.24, 2.45) is 0 Å². The number of piperazine rings is 1. The molecule has 0 bridgehead atoms. The molecule has 1 saturated heterocycles. The standard InChI is InChI=1S/C23H30N2/c1-22(21-13-7-3-8-14-21)19-25(17-20-11-5-2-6-12-20)23(18-24-22)15-9-4-10-16-23/h2-3,5-8,11-14,24H,4,9-10,15-19H2,1H3. The highest BCUT2D eigenvalue weighted by Gasteiger charge is 2.46. The second-order valence-corrected chi connectivity index (χ2v) is 8.18. The molecule has 1 atom stereocenters. The third kappa shape index (κ3) is 3.38. The minimum atomic E-state index is 0.0265. The summed E-state index contributed by atoms with van der Waals surface area (Å²) in [5.74, 6) is 0. The Kier molecular flexibility index (Phi) is 4.66. The maximum atomic E-state index is 3.95. The van der Waals surface area contributed by atoms with Gasteiger partial charge in [0.2, 0.25) is 0 Å². The summed E-state index contributed by atoms with van der Waals surface area (Å²) < 4.78 is 0. The van der Waals surface area contributed by atoms with Crippen molar-refractivity contribution < 1.29 is 0 Å². The van der Waals surface area contributed by atoms with E-state index < -0.39 is 0 Å². The SMILES string of the molecule is CC1(c2ccccc2)CN(Cc2ccccc2)C2(CCCCC2)CN1. The van der Waals surface area contributed by atoms with Gasteiger partial charge in [-0.1, -0.05) is 79.9 Å². The van der Waals surface area contributed by atoms with E-state index in [0.717, 1.165) is 19.6 Å². The Morgan fingerprint density at radius 1 is 0.880 bits per heavy atom. The molecule has 2 aliphatic rings. The van der Waals surface area contributed by atoms with Crippen molar-refractivity contribution in [1.82, 2.24) is 10.2 Å². The molecule has 0 aromatic heterocycles. The Morgan fingerprint density at radius 2 is 1.52 bits per heavy atom. The molecule has 132 valence electrons. The lowest BCUT2D eigenvalue weighted by Gasteiger charge is -2.55. The van der Waals surface area contributed by atoms with Gasteiger partial charge in [0.1, 0.15) is 0 Å². The average Bonchev–Trinajstić information content (AvgIpc) is 2.68. The van der Waals surface area contributed by atoms with Crippen LogP contribution >= 0.6 is 0 Å². The van der Waals surface area contributed by atoms with Gasteiger partial charge in [-0.15, -0.1) is 0 Å². The van der Waals surface area contributed by atoms with E-state index in [1.807, 2.05) is 0 Å². The van der Waals surface area contributed by atoms with E-state index in [2.05, 4.69) is 77.8 Å². The lowest BCUT2D eigenvalue weighted by Crippen LogP contribution is -2.67. The Balaban J connectivity index is 1.63. The second kappa shape index (κ2) is 6.93. The quantitative estimate of drug-likeness (QED) is 0.874. The summed E-state index contributed by atoms with van der Waals surface area (Å²) in [5.41, 5.74) is 3.20. The van der Waals surface area contributed by atoms with Crippen molar-refractivity contribution in [3.8, 4) is 0 Å². The maximum absolute atomic E-state index is 3.95. The summed E-state index contributed by atoms with van der Waals surface area (Å²) in [4.78, 5) is 2.80. The number of rotatable bonds is 3. The molecule has 2 aromatic rings. The largest absolute Gasteiger partial charge is 0.305 e. The van der Waals surface area contributed by atoms with E-state index in [4.69, 9.17) is 0 Å². The molecule has 0 radical (unpaired) electrons. The molecule has 2 aromatic carbocycles. The van der Waals surface area contributed by atoms with Crippen LogP contribution in [0.3, 0.4) is 0 Å². The first-order valence-electron chi connectivity index (χ1n) is 9.80. The van der Waals surface area contributed by atoms with Gasteiger partial charge >= 0.3 is 0 Å². The number of hydrogen-bond acceptors (Lipinski definition) is 2. The zero-order valence-electron chi connectivity index (χ0n) is 15.4. The fourth-order valence-electron chi connectivity index (χ4n) is 4.81. The van der Waals surface area contributed by atoms with Gasteiger partial charge in [-0.25, -0.2) is 0 Å². The molecule has 1 aliphatic carbocycles. The van der Waals surface area contributed by atoms with E-state index >= 15 is 0 Å². The molecule has 0 amide bonds. The fourth-order valence-corrected chi connectivity index (χ4v) is 4.81. The molecule has 1 N–H and O–H groups in total. The van der Waals surface area contributed by atoms with Crippen molar-refractivity contribution in [3.05, 3.63) is 71.8 Å². The van der Waals surface area contributed by atoms with Gasteiger partial charge in [-0.2, -0.15) is 0 Å². The molecule has 4 rings (SSSR count). The summed E-state index contributed by atoms with van der Waals surface area (Å²) in [6.45, 7) is 5.61. The van der Waals surface area contributed by atoms with Crippen LogP contribution in [0.5, 0.6) is 0 Å². The minimum absolute atomic E-state index is 0.0265. The Bertz CT molecular complexity index is 676. The summed E-state index contributed by atoms with van der Waals surface area (Å²) in [7, 11) is 0. The summed E-state index contributed by atoms with van der Waals surface area (Å²) in [6, 6.07) is 22.0. The van der Waals surface area contributed by atoms with Crippen LogP contribution in [0.2, 0.25) is 0 Å². The molecule has 1 aliphatic heterocycles. The van der Waals surface area contributed by atoms with E-state index in [9.17, 15) is 0 Å². The van der Waals surface area contributed by atoms with Crippen LogP contribution in [0.15, 0.2) is 60.7 Å². The fraction of sp³-hybridized carbons (Fsp3) is 0.478. The van der Waals surface area contributed by atoms with Gasteiger partial charge in [0, 0.05) is 25.2 Å². The first kappa shape index (κ1) is 16.8. The average molecular weight is 335 g/mol. The van der Waals surface area contributed by atoms with Crippen molar-refractivity contribution in [1.29, 1.82) is 0 Å². The van der Waals surface area contributed by atoms with Crippen LogP contribution < -0.4 is 5.32 Å². The molecule has 25 heavy (non-hydrogen) atoms. The summed E-state index contributed by atoms with van der Waals surface area (Å²) >= 11 is 0. The van der Waals surface area contributed by atoms with Crippen molar-refractivity contribution in [2.75, 3.05) is 13.1 Å². The number of nitrogens with zero attached hydrogens (tertiary/aromatic N) is 1. The third-order valence-electron chi connectivity index (χ3n) is 6.40. The van der Waals surface area contributed by atoms with Crippen molar-refractivity contribution >= 4 is 0 Å². The molecule has 2 heteroatoms. The first-order valence-corrected chi connectivity index (χ1v) is 9.80. The highest BCUT2D eigenvalue weighted by Crippen LogP contribution is 2.40. The smallest absolute Gasteiger partial charge is 0.0535 e. The summed E-state index contributed by atoms with van der Waals surface area (Å²) in [6.07, 6.45) is 6.80. The molecule has 1 saturated carbocycles. The number of benzene rings is 2. The molecular weight excluding hydrogens is 304 g/mol. The normalized spacial score (nSPS) is 26.6. The monoisotopic (exact) mass is 334 g/mol. The van der Waals surface area contributed by atoms with E-state index in [1.54, 1.807) is 0 Å². The van der Waals surface area contributed by atoms with Gasteiger partial charge in [0.25, 0.3) is 0 Å². The zero-order valence-corrected chi connectivity index (χ0v) is 15.4. The van der Waals surface area contributed by atoms with Crippen LogP contribution in [-0.2, 0) is 12.1 Å².